The lowest BCUT2D eigenvalue weighted by atomic mass is 10.2. The number of anilines is 1. The van der Waals surface area contributed by atoms with Crippen molar-refractivity contribution in [2.75, 3.05) is 31.9 Å². The Balaban J connectivity index is 2.44. The molecule has 0 heterocycles. The second kappa shape index (κ2) is 8.02. The predicted octanol–water partition coefficient (Wildman–Crippen LogP) is 2.38. The molecule has 0 saturated carbocycles. The second-order valence-electron chi connectivity index (χ2n) is 4.43. The molecule has 1 aromatic rings. The summed E-state index contributed by atoms with van der Waals surface area (Å²) in [4.78, 5) is 14.2. The average molecular weight is 284 g/mol. The summed E-state index contributed by atoms with van der Waals surface area (Å²) in [6.07, 6.45) is 1.12. The minimum atomic E-state index is -0.116. The minimum absolute atomic E-state index is 0.116. The smallest absolute Gasteiger partial charge is 0.251 e. The molecule has 1 rings (SSSR count). The van der Waals surface area contributed by atoms with Crippen molar-refractivity contribution in [2.24, 2.45) is 0 Å². The first-order chi connectivity index (χ1) is 9.08. The van der Waals surface area contributed by atoms with Gasteiger partial charge in [0.25, 0.3) is 5.91 Å². The van der Waals surface area contributed by atoms with Gasteiger partial charge in [0.05, 0.1) is 10.7 Å². The maximum atomic E-state index is 11.9. The van der Waals surface area contributed by atoms with Gasteiger partial charge in [-0.25, -0.2) is 0 Å². The van der Waals surface area contributed by atoms with Crippen LogP contribution in [0, 0.1) is 0 Å². The lowest BCUT2D eigenvalue weighted by Gasteiger charge is -2.19. The Hall–Kier alpha value is -1.26. The van der Waals surface area contributed by atoms with Gasteiger partial charge in [-0.05, 0) is 37.7 Å². The summed E-state index contributed by atoms with van der Waals surface area (Å²) in [5.41, 5.74) is 6.63. The van der Waals surface area contributed by atoms with E-state index in [0.717, 1.165) is 26.1 Å². The van der Waals surface area contributed by atoms with Crippen LogP contribution in [0.15, 0.2) is 18.2 Å². The Labute approximate surface area is 119 Å². The highest BCUT2D eigenvalue weighted by atomic mass is 35.5. The molecule has 0 aliphatic rings. The zero-order valence-corrected chi connectivity index (χ0v) is 12.3. The van der Waals surface area contributed by atoms with E-state index in [1.165, 1.54) is 0 Å². The third-order valence-corrected chi connectivity index (χ3v) is 3.29. The summed E-state index contributed by atoms with van der Waals surface area (Å²) in [6, 6.07) is 4.92. The van der Waals surface area contributed by atoms with Crippen LogP contribution in [0.1, 0.15) is 30.6 Å². The fourth-order valence-electron chi connectivity index (χ4n) is 1.84. The van der Waals surface area contributed by atoms with E-state index in [0.29, 0.717) is 22.8 Å². The SMILES string of the molecule is CCCN(CC)CCNC(=O)c1ccc(N)c(Cl)c1. The number of hydrogen-bond donors (Lipinski definition) is 2. The van der Waals surface area contributed by atoms with Gasteiger partial charge in [-0.15, -0.1) is 0 Å². The molecule has 0 aliphatic heterocycles. The fourth-order valence-corrected chi connectivity index (χ4v) is 2.02. The van der Waals surface area contributed by atoms with Crippen molar-refractivity contribution in [3.63, 3.8) is 0 Å². The van der Waals surface area contributed by atoms with Crippen molar-refractivity contribution in [1.82, 2.24) is 10.2 Å². The molecule has 0 radical (unpaired) electrons. The largest absolute Gasteiger partial charge is 0.398 e. The van der Waals surface area contributed by atoms with Crippen molar-refractivity contribution in [3.05, 3.63) is 28.8 Å². The molecular weight excluding hydrogens is 262 g/mol. The maximum absolute atomic E-state index is 11.9. The molecule has 0 saturated heterocycles. The topological polar surface area (TPSA) is 58.4 Å². The highest BCUT2D eigenvalue weighted by Crippen LogP contribution is 2.19. The molecule has 3 N–H and O–H groups in total. The fraction of sp³-hybridized carbons (Fsp3) is 0.500. The zero-order valence-electron chi connectivity index (χ0n) is 11.6. The quantitative estimate of drug-likeness (QED) is 0.756. The third kappa shape index (κ3) is 5.09. The molecule has 1 aromatic carbocycles. The number of halogens is 1. The first-order valence-electron chi connectivity index (χ1n) is 6.64. The van der Waals surface area contributed by atoms with E-state index < -0.39 is 0 Å². The lowest BCUT2D eigenvalue weighted by Crippen LogP contribution is -2.35. The van der Waals surface area contributed by atoms with Gasteiger partial charge in [0.2, 0.25) is 0 Å². The Bertz CT molecular complexity index is 423. The summed E-state index contributed by atoms with van der Waals surface area (Å²) in [6.45, 7) is 7.82. The number of amides is 1. The highest BCUT2D eigenvalue weighted by Gasteiger charge is 2.08. The number of hydrogen-bond acceptors (Lipinski definition) is 3. The molecule has 0 spiro atoms. The van der Waals surface area contributed by atoms with E-state index in [4.69, 9.17) is 17.3 Å². The number of carbonyl (C=O) groups is 1. The molecule has 0 aliphatic carbocycles. The summed E-state index contributed by atoms with van der Waals surface area (Å²) < 4.78 is 0. The molecule has 0 unspecified atom stereocenters. The minimum Gasteiger partial charge on any atom is -0.398 e. The standard InChI is InChI=1S/C14H22ClN3O/c1-3-8-18(4-2)9-7-17-14(19)11-5-6-13(16)12(15)10-11/h5-6,10H,3-4,7-9,16H2,1-2H3,(H,17,19). The van der Waals surface area contributed by atoms with Crippen molar-refractivity contribution in [2.45, 2.75) is 20.3 Å². The van der Waals surface area contributed by atoms with Gasteiger partial charge >= 0.3 is 0 Å². The average Bonchev–Trinajstić information content (AvgIpc) is 2.40. The molecule has 4 nitrogen and oxygen atoms in total. The van der Waals surface area contributed by atoms with Crippen LogP contribution in [-0.2, 0) is 0 Å². The summed E-state index contributed by atoms with van der Waals surface area (Å²) in [7, 11) is 0. The van der Waals surface area contributed by atoms with Crippen molar-refractivity contribution in [1.29, 1.82) is 0 Å². The van der Waals surface area contributed by atoms with E-state index in [9.17, 15) is 4.79 Å². The number of nitrogens with two attached hydrogens (primary N) is 1. The van der Waals surface area contributed by atoms with Gasteiger partial charge in [-0.3, -0.25) is 4.79 Å². The number of nitrogen functional groups attached to an aromatic ring is 1. The van der Waals surface area contributed by atoms with Crippen LogP contribution >= 0.6 is 11.6 Å². The zero-order chi connectivity index (χ0) is 14.3. The summed E-state index contributed by atoms with van der Waals surface area (Å²) in [5, 5.41) is 3.30. The van der Waals surface area contributed by atoms with Crippen LogP contribution in [0.2, 0.25) is 5.02 Å². The first kappa shape index (κ1) is 15.8. The van der Waals surface area contributed by atoms with Gasteiger partial charge in [0.15, 0.2) is 0 Å². The van der Waals surface area contributed by atoms with Crippen molar-refractivity contribution in [3.8, 4) is 0 Å². The Morgan fingerprint density at radius 1 is 1.37 bits per heavy atom. The lowest BCUT2D eigenvalue weighted by molar-refractivity contribution is 0.0948. The Morgan fingerprint density at radius 2 is 2.11 bits per heavy atom. The van der Waals surface area contributed by atoms with Gasteiger partial charge in [0.1, 0.15) is 0 Å². The number of carbonyl (C=O) groups excluding carboxylic acids is 1. The number of benzene rings is 1. The third-order valence-electron chi connectivity index (χ3n) is 2.96. The van der Waals surface area contributed by atoms with Crippen LogP contribution < -0.4 is 11.1 Å². The molecule has 0 fully saturated rings. The van der Waals surface area contributed by atoms with Crippen LogP contribution in [-0.4, -0.2) is 37.0 Å². The van der Waals surface area contributed by atoms with Gasteiger partial charge in [0, 0.05) is 18.7 Å². The van der Waals surface area contributed by atoms with E-state index in [1.807, 2.05) is 0 Å². The van der Waals surface area contributed by atoms with Gasteiger partial charge in [-0.2, -0.15) is 0 Å². The molecule has 0 aromatic heterocycles. The number of likely N-dealkylation sites (N-methyl/N-ethyl adjacent to an activating group) is 1. The molecule has 0 bridgehead atoms. The van der Waals surface area contributed by atoms with E-state index in [-0.39, 0.29) is 5.91 Å². The Morgan fingerprint density at radius 3 is 2.68 bits per heavy atom. The molecule has 0 atom stereocenters. The number of nitrogens with zero attached hydrogens (tertiary/aromatic N) is 1. The van der Waals surface area contributed by atoms with Crippen LogP contribution in [0.25, 0.3) is 0 Å². The van der Waals surface area contributed by atoms with Crippen LogP contribution in [0.5, 0.6) is 0 Å². The van der Waals surface area contributed by atoms with Crippen molar-refractivity contribution >= 4 is 23.2 Å². The second-order valence-corrected chi connectivity index (χ2v) is 4.83. The van der Waals surface area contributed by atoms with E-state index in [2.05, 4.69) is 24.1 Å². The van der Waals surface area contributed by atoms with Gasteiger partial charge < -0.3 is 16.0 Å². The summed E-state index contributed by atoms with van der Waals surface area (Å²) >= 11 is 5.89. The summed E-state index contributed by atoms with van der Waals surface area (Å²) in [5.74, 6) is -0.116. The van der Waals surface area contributed by atoms with Crippen molar-refractivity contribution < 1.29 is 4.79 Å². The molecular formula is C14H22ClN3O. The number of nitrogens with one attached hydrogen (secondary N) is 1. The van der Waals surface area contributed by atoms with Gasteiger partial charge in [-0.1, -0.05) is 25.4 Å². The number of rotatable bonds is 7. The molecule has 19 heavy (non-hydrogen) atoms. The first-order valence-corrected chi connectivity index (χ1v) is 7.01. The highest BCUT2D eigenvalue weighted by molar-refractivity contribution is 6.33. The normalized spacial score (nSPS) is 10.7. The van der Waals surface area contributed by atoms with E-state index >= 15 is 0 Å². The molecule has 106 valence electrons. The van der Waals surface area contributed by atoms with Crippen LogP contribution in [0.4, 0.5) is 5.69 Å². The monoisotopic (exact) mass is 283 g/mol. The maximum Gasteiger partial charge on any atom is 0.251 e. The Kier molecular flexibility index (Phi) is 6.67. The molecule has 5 heteroatoms. The van der Waals surface area contributed by atoms with Crippen LogP contribution in [0.3, 0.4) is 0 Å². The van der Waals surface area contributed by atoms with E-state index in [1.54, 1.807) is 18.2 Å². The molecule has 1 amide bonds. The predicted molar refractivity (Wildman–Crippen MR) is 80.6 cm³/mol.